The summed E-state index contributed by atoms with van der Waals surface area (Å²) < 4.78 is 51.3. The van der Waals surface area contributed by atoms with E-state index in [4.69, 9.17) is 9.47 Å². The Hall–Kier alpha value is -2.12. The van der Waals surface area contributed by atoms with Crippen LogP contribution >= 0.6 is 0 Å². The second-order valence-electron chi connectivity index (χ2n) is 6.26. The number of fused-ring (bicyclic) bond motifs is 1. The molecular weight excluding hydrogens is 345 g/mol. The third kappa shape index (κ3) is 3.09. The topological polar surface area (TPSA) is 55.8 Å². The summed E-state index contributed by atoms with van der Waals surface area (Å²) in [7, 11) is -3.61. The average molecular weight is 363 g/mol. The van der Waals surface area contributed by atoms with Crippen LogP contribution in [-0.2, 0) is 16.4 Å². The van der Waals surface area contributed by atoms with E-state index in [9.17, 15) is 12.8 Å². The highest BCUT2D eigenvalue weighted by Gasteiger charge is 2.36. The van der Waals surface area contributed by atoms with Crippen molar-refractivity contribution in [3.05, 3.63) is 53.8 Å². The fourth-order valence-corrected chi connectivity index (χ4v) is 5.10. The van der Waals surface area contributed by atoms with Crippen molar-refractivity contribution in [1.82, 2.24) is 4.31 Å². The number of nitrogens with zero attached hydrogens (tertiary/aromatic N) is 1. The van der Waals surface area contributed by atoms with Crippen molar-refractivity contribution in [3.8, 4) is 11.5 Å². The largest absolute Gasteiger partial charge is 0.454 e. The average Bonchev–Trinajstić information content (AvgIpc) is 3.25. The molecule has 1 fully saturated rings. The van der Waals surface area contributed by atoms with Crippen LogP contribution in [0.3, 0.4) is 0 Å². The minimum Gasteiger partial charge on any atom is -0.454 e. The lowest BCUT2D eigenvalue weighted by Crippen LogP contribution is -2.36. The summed E-state index contributed by atoms with van der Waals surface area (Å²) in [5.41, 5.74) is 0.930. The molecule has 0 radical (unpaired) electrons. The first-order valence-electron chi connectivity index (χ1n) is 8.20. The van der Waals surface area contributed by atoms with E-state index in [1.54, 1.807) is 28.6 Å². The molecule has 0 aliphatic carbocycles. The first-order valence-corrected chi connectivity index (χ1v) is 9.64. The lowest BCUT2D eigenvalue weighted by molar-refractivity contribution is 0.174. The van der Waals surface area contributed by atoms with E-state index >= 15 is 0 Å². The van der Waals surface area contributed by atoms with Crippen molar-refractivity contribution in [2.24, 2.45) is 0 Å². The van der Waals surface area contributed by atoms with Crippen LogP contribution in [0.2, 0.25) is 0 Å². The lowest BCUT2D eigenvalue weighted by Gasteiger charge is -2.24. The van der Waals surface area contributed by atoms with Crippen LogP contribution < -0.4 is 9.47 Å². The molecule has 1 atom stereocenters. The van der Waals surface area contributed by atoms with Crippen molar-refractivity contribution < 1.29 is 22.3 Å². The first-order chi connectivity index (χ1) is 12.0. The summed E-state index contributed by atoms with van der Waals surface area (Å²) in [4.78, 5) is 0.211. The van der Waals surface area contributed by atoms with Crippen LogP contribution in [0.25, 0.3) is 0 Å². The van der Waals surface area contributed by atoms with Gasteiger partial charge in [0.2, 0.25) is 16.8 Å². The molecule has 4 rings (SSSR count). The number of hydrogen-bond donors (Lipinski definition) is 0. The van der Waals surface area contributed by atoms with Crippen molar-refractivity contribution in [2.75, 3.05) is 13.3 Å². The molecular formula is C18H18FNO4S. The molecule has 2 aliphatic rings. The standard InChI is InChI=1S/C18H18FNO4S/c19-14-5-3-13(4-6-14)10-15-2-1-9-20(15)25(21,22)16-7-8-17-18(11-16)24-12-23-17/h3-8,11,15H,1-2,9-10,12H2. The SMILES string of the molecule is O=S(=O)(c1ccc2c(c1)OCO2)N1CCCC1Cc1ccc(F)cc1. The summed E-state index contributed by atoms with van der Waals surface area (Å²) in [5, 5.41) is 0. The normalized spacial score (nSPS) is 20.1. The van der Waals surface area contributed by atoms with Crippen molar-refractivity contribution >= 4 is 10.0 Å². The molecule has 2 aromatic carbocycles. The van der Waals surface area contributed by atoms with Crippen LogP contribution in [0, 0.1) is 5.82 Å². The molecule has 0 N–H and O–H groups in total. The van der Waals surface area contributed by atoms with Gasteiger partial charge in [-0.25, -0.2) is 12.8 Å². The number of halogens is 1. The molecule has 132 valence electrons. The highest BCUT2D eigenvalue weighted by molar-refractivity contribution is 7.89. The fraction of sp³-hybridized carbons (Fsp3) is 0.333. The molecule has 0 amide bonds. The molecule has 1 saturated heterocycles. The van der Waals surface area contributed by atoms with Crippen LogP contribution in [0.5, 0.6) is 11.5 Å². The smallest absolute Gasteiger partial charge is 0.243 e. The minimum atomic E-state index is -3.61. The van der Waals surface area contributed by atoms with Gasteiger partial charge in [-0.1, -0.05) is 12.1 Å². The van der Waals surface area contributed by atoms with Crippen LogP contribution in [-0.4, -0.2) is 32.1 Å². The summed E-state index contributed by atoms with van der Waals surface area (Å²) in [6.45, 7) is 0.596. The van der Waals surface area contributed by atoms with E-state index in [2.05, 4.69) is 0 Å². The Kier molecular flexibility index (Phi) is 4.13. The zero-order valence-corrected chi connectivity index (χ0v) is 14.3. The number of benzene rings is 2. The number of hydrogen-bond acceptors (Lipinski definition) is 4. The molecule has 5 nitrogen and oxygen atoms in total. The minimum absolute atomic E-state index is 0.107. The van der Waals surface area contributed by atoms with Gasteiger partial charge < -0.3 is 9.47 Å². The molecule has 0 aromatic heterocycles. The molecule has 0 saturated carbocycles. The van der Waals surface area contributed by atoms with E-state index in [-0.39, 0.29) is 23.5 Å². The Bertz CT molecular complexity index is 882. The van der Waals surface area contributed by atoms with Crippen LogP contribution in [0.1, 0.15) is 18.4 Å². The van der Waals surface area contributed by atoms with E-state index in [0.717, 1.165) is 18.4 Å². The second-order valence-corrected chi connectivity index (χ2v) is 8.15. The molecule has 7 heteroatoms. The van der Waals surface area contributed by atoms with E-state index in [1.807, 2.05) is 0 Å². The number of ether oxygens (including phenoxy) is 2. The van der Waals surface area contributed by atoms with E-state index in [1.165, 1.54) is 18.2 Å². The lowest BCUT2D eigenvalue weighted by atomic mass is 10.0. The van der Waals surface area contributed by atoms with Crippen molar-refractivity contribution in [2.45, 2.75) is 30.2 Å². The Morgan fingerprint density at radius 2 is 1.84 bits per heavy atom. The van der Waals surface area contributed by atoms with E-state index < -0.39 is 10.0 Å². The first kappa shape index (κ1) is 16.4. The highest BCUT2D eigenvalue weighted by atomic mass is 32.2. The summed E-state index contributed by atoms with van der Waals surface area (Å²) in [6, 6.07) is 10.8. The van der Waals surface area contributed by atoms with Gasteiger partial charge in [-0.3, -0.25) is 0 Å². The number of rotatable bonds is 4. The molecule has 1 unspecified atom stereocenters. The van der Waals surface area contributed by atoms with E-state index in [0.29, 0.717) is 24.5 Å². The molecule has 25 heavy (non-hydrogen) atoms. The monoisotopic (exact) mass is 363 g/mol. The van der Waals surface area contributed by atoms with Gasteiger partial charge >= 0.3 is 0 Å². The molecule has 2 aromatic rings. The molecule has 0 spiro atoms. The zero-order chi connectivity index (χ0) is 17.4. The zero-order valence-electron chi connectivity index (χ0n) is 13.5. The predicted molar refractivity (Wildman–Crippen MR) is 89.6 cm³/mol. The van der Waals surface area contributed by atoms with Crippen LogP contribution in [0.4, 0.5) is 4.39 Å². The van der Waals surface area contributed by atoms with Gasteiger partial charge in [-0.15, -0.1) is 0 Å². The molecule has 2 heterocycles. The maximum Gasteiger partial charge on any atom is 0.243 e. The second kappa shape index (κ2) is 6.31. The maximum absolute atomic E-state index is 13.1. The Labute approximate surface area is 146 Å². The van der Waals surface area contributed by atoms with Gasteiger partial charge in [0.25, 0.3) is 0 Å². The third-order valence-corrected chi connectivity index (χ3v) is 6.61. The van der Waals surface area contributed by atoms with Gasteiger partial charge in [0, 0.05) is 18.7 Å². The summed E-state index contributed by atoms with van der Waals surface area (Å²) in [5.74, 6) is 0.721. The molecule has 2 aliphatic heterocycles. The van der Waals surface area contributed by atoms with Crippen molar-refractivity contribution in [3.63, 3.8) is 0 Å². The Morgan fingerprint density at radius 3 is 2.64 bits per heavy atom. The summed E-state index contributed by atoms with van der Waals surface area (Å²) >= 11 is 0. The van der Waals surface area contributed by atoms with Gasteiger partial charge in [0.15, 0.2) is 11.5 Å². The van der Waals surface area contributed by atoms with Gasteiger partial charge in [-0.2, -0.15) is 4.31 Å². The van der Waals surface area contributed by atoms with Gasteiger partial charge in [0.05, 0.1) is 4.90 Å². The Morgan fingerprint density at radius 1 is 1.08 bits per heavy atom. The van der Waals surface area contributed by atoms with Crippen molar-refractivity contribution in [1.29, 1.82) is 0 Å². The highest BCUT2D eigenvalue weighted by Crippen LogP contribution is 2.36. The maximum atomic E-state index is 13.1. The number of sulfonamides is 1. The van der Waals surface area contributed by atoms with Gasteiger partial charge in [0.1, 0.15) is 5.82 Å². The third-order valence-electron chi connectivity index (χ3n) is 4.66. The van der Waals surface area contributed by atoms with Gasteiger partial charge in [-0.05, 0) is 49.1 Å². The summed E-state index contributed by atoms with van der Waals surface area (Å²) in [6.07, 6.45) is 2.18. The quantitative estimate of drug-likeness (QED) is 0.838. The predicted octanol–water partition coefficient (Wildman–Crippen LogP) is 2.95. The molecule has 0 bridgehead atoms. The fourth-order valence-electron chi connectivity index (χ4n) is 3.39. The Balaban J connectivity index is 1.59. The van der Waals surface area contributed by atoms with Crippen LogP contribution in [0.15, 0.2) is 47.4 Å².